The molecule has 0 saturated carbocycles. The van der Waals surface area contributed by atoms with Crippen LogP contribution in [0.15, 0.2) is 59.5 Å². The zero-order valence-electron chi connectivity index (χ0n) is 12.8. The van der Waals surface area contributed by atoms with E-state index < -0.39 is 0 Å². The van der Waals surface area contributed by atoms with Crippen LogP contribution >= 0.6 is 0 Å². The van der Waals surface area contributed by atoms with Crippen LogP contribution < -0.4 is 5.73 Å². The zero-order chi connectivity index (χ0) is 16.8. The van der Waals surface area contributed by atoms with Crippen molar-refractivity contribution in [1.29, 1.82) is 0 Å². The molecule has 0 unspecified atom stereocenters. The molecule has 0 fully saturated rings. The molecule has 0 aliphatic carbocycles. The summed E-state index contributed by atoms with van der Waals surface area (Å²) < 4.78 is 4.43. The molecule has 0 spiro atoms. The molecule has 118 valence electrons. The number of oxime groups is 1. The predicted octanol–water partition coefficient (Wildman–Crippen LogP) is 2.53. The number of hydrogen-bond donors (Lipinski definition) is 1. The SMILES string of the molecule is Cc1cccc2c1c1ccccc1n2[C](=[W])/C=C1/ON=C(N)[C]1=[W]. The summed E-state index contributed by atoms with van der Waals surface area (Å²) in [5.41, 5.74) is 9.54. The first-order valence-corrected chi connectivity index (χ1v) is 10.3. The van der Waals surface area contributed by atoms with Crippen LogP contribution in [0.4, 0.5) is 0 Å². The first-order valence-electron chi connectivity index (χ1n) is 7.38. The van der Waals surface area contributed by atoms with Crippen molar-refractivity contribution in [3.8, 4) is 0 Å². The van der Waals surface area contributed by atoms with Crippen LogP contribution in [-0.4, -0.2) is 18.3 Å². The van der Waals surface area contributed by atoms with Crippen LogP contribution in [0.3, 0.4) is 0 Å². The molecular formula is C18H13N3OW2. The second-order valence-corrected chi connectivity index (χ2v) is 8.53. The summed E-state index contributed by atoms with van der Waals surface area (Å²) in [6.45, 7) is 2.16. The van der Waals surface area contributed by atoms with E-state index in [1.54, 1.807) is 0 Å². The molecule has 0 saturated heterocycles. The van der Waals surface area contributed by atoms with Gasteiger partial charge in [0.1, 0.15) is 0 Å². The Labute approximate surface area is 160 Å². The molecule has 0 radical (unpaired) electrons. The van der Waals surface area contributed by atoms with Gasteiger partial charge in [-0.15, -0.1) is 0 Å². The average molecular weight is 655 g/mol. The molecule has 2 N–H and O–H groups in total. The molecule has 0 bridgehead atoms. The van der Waals surface area contributed by atoms with Crippen molar-refractivity contribution in [1.82, 2.24) is 4.57 Å². The standard InChI is InChI=1S/C18H13N3O.2W/c1-12-5-4-8-16-18(12)14-6-2-3-7-15(14)21(16)10-9-13-11-17(19)20-22-13;;/h2-9H,1H3,(H2,19,20);;/b13-9+;;. The van der Waals surface area contributed by atoms with Gasteiger partial charge >= 0.3 is 161 Å². The van der Waals surface area contributed by atoms with Gasteiger partial charge in [-0.1, -0.05) is 0 Å². The fourth-order valence-corrected chi connectivity index (χ4v) is 4.58. The van der Waals surface area contributed by atoms with Gasteiger partial charge in [0.25, 0.3) is 0 Å². The van der Waals surface area contributed by atoms with Crippen molar-refractivity contribution in [3.05, 3.63) is 59.9 Å². The molecule has 0 amide bonds. The van der Waals surface area contributed by atoms with E-state index in [0.29, 0.717) is 5.84 Å². The minimum atomic E-state index is 0.483. The van der Waals surface area contributed by atoms with E-state index in [2.05, 4.69) is 65.2 Å². The number of nitrogens with two attached hydrogens (primary N) is 1. The molecule has 4 rings (SSSR count). The number of para-hydroxylation sites is 1. The number of hydrogen-bond acceptors (Lipinski definition) is 3. The number of fused-ring (bicyclic) bond motifs is 3. The molecule has 1 aliphatic rings. The Kier molecular flexibility index (Phi) is 3.98. The summed E-state index contributed by atoms with van der Waals surface area (Å²) >= 11 is 2.62. The van der Waals surface area contributed by atoms with Crippen molar-refractivity contribution in [2.45, 2.75) is 6.92 Å². The van der Waals surface area contributed by atoms with Gasteiger partial charge in [0.2, 0.25) is 0 Å². The van der Waals surface area contributed by atoms with Crippen molar-refractivity contribution >= 4 is 35.6 Å². The molecule has 1 aromatic heterocycles. The van der Waals surface area contributed by atoms with E-state index in [1.165, 1.54) is 66.1 Å². The Balaban J connectivity index is 1.96. The molecule has 6 heteroatoms. The summed E-state index contributed by atoms with van der Waals surface area (Å²) in [6.07, 6.45) is 2.05. The number of aromatic nitrogens is 1. The van der Waals surface area contributed by atoms with E-state index in [9.17, 15) is 0 Å². The van der Waals surface area contributed by atoms with E-state index in [-0.39, 0.29) is 0 Å². The molecule has 24 heavy (non-hydrogen) atoms. The molecule has 0 atom stereocenters. The van der Waals surface area contributed by atoms with E-state index >= 15 is 0 Å². The van der Waals surface area contributed by atoms with Crippen LogP contribution in [0.1, 0.15) is 5.56 Å². The summed E-state index contributed by atoms with van der Waals surface area (Å²) in [5.74, 6) is 1.24. The minimum absolute atomic E-state index is 0.483. The maximum absolute atomic E-state index is 5.82. The van der Waals surface area contributed by atoms with Gasteiger partial charge in [0, 0.05) is 0 Å². The summed E-state index contributed by atoms with van der Waals surface area (Å²) in [5, 5.41) is 6.45. The molecular weight excluding hydrogens is 642 g/mol. The Hall–Kier alpha value is -1.63. The number of amidine groups is 1. The summed E-state index contributed by atoms with van der Waals surface area (Å²) in [7, 11) is 0. The fraction of sp³-hybridized carbons (Fsp3) is 0.0556. The maximum atomic E-state index is 5.82. The Morgan fingerprint density at radius 2 is 1.92 bits per heavy atom. The molecule has 4 nitrogen and oxygen atoms in total. The summed E-state index contributed by atoms with van der Waals surface area (Å²) in [6, 6.07) is 15.0. The van der Waals surface area contributed by atoms with E-state index in [0.717, 1.165) is 13.7 Å². The van der Waals surface area contributed by atoms with Crippen molar-refractivity contribution in [2.75, 3.05) is 0 Å². The second-order valence-electron chi connectivity index (χ2n) is 5.57. The number of rotatable bonds is 2. The van der Waals surface area contributed by atoms with E-state index in [4.69, 9.17) is 10.6 Å². The van der Waals surface area contributed by atoms with Gasteiger partial charge in [-0.25, -0.2) is 0 Å². The van der Waals surface area contributed by atoms with Crippen molar-refractivity contribution < 1.29 is 43.5 Å². The number of nitrogens with zero attached hydrogens (tertiary/aromatic N) is 2. The first kappa shape index (κ1) is 15.9. The molecule has 3 aromatic rings. The van der Waals surface area contributed by atoms with E-state index in [1.807, 2.05) is 0 Å². The van der Waals surface area contributed by atoms with Gasteiger partial charge in [0.15, 0.2) is 0 Å². The van der Waals surface area contributed by atoms with Gasteiger partial charge in [0.05, 0.1) is 0 Å². The zero-order valence-corrected chi connectivity index (χ0v) is 18.7. The third-order valence-corrected chi connectivity index (χ3v) is 6.63. The molecule has 2 aromatic carbocycles. The van der Waals surface area contributed by atoms with Gasteiger partial charge < -0.3 is 0 Å². The second kappa shape index (κ2) is 6.02. The first-order chi connectivity index (χ1) is 11.6. The molecule has 2 heterocycles. The average Bonchev–Trinajstić information content (AvgIpc) is 3.08. The fourth-order valence-electron chi connectivity index (χ4n) is 3.01. The number of allylic oxidation sites excluding steroid dienone is 1. The normalized spacial score (nSPS) is 16.0. The summed E-state index contributed by atoms with van der Waals surface area (Å²) in [4.78, 5) is 5.38. The van der Waals surface area contributed by atoms with Crippen LogP contribution in [0.25, 0.3) is 21.8 Å². The third-order valence-electron chi connectivity index (χ3n) is 4.08. The monoisotopic (exact) mass is 655 g/mol. The van der Waals surface area contributed by atoms with Gasteiger partial charge in [-0.3, -0.25) is 0 Å². The van der Waals surface area contributed by atoms with Crippen LogP contribution in [-0.2, 0) is 43.5 Å². The van der Waals surface area contributed by atoms with Crippen molar-refractivity contribution in [2.24, 2.45) is 10.9 Å². The van der Waals surface area contributed by atoms with Crippen molar-refractivity contribution in [3.63, 3.8) is 0 Å². The Bertz CT molecular complexity index is 1090. The predicted molar refractivity (Wildman–Crippen MR) is 90.4 cm³/mol. The van der Waals surface area contributed by atoms with Crippen LogP contribution in [0.5, 0.6) is 0 Å². The Morgan fingerprint density at radius 3 is 2.67 bits per heavy atom. The Morgan fingerprint density at radius 1 is 1.17 bits per heavy atom. The number of aryl methyl sites for hydroxylation is 1. The topological polar surface area (TPSA) is 52.5 Å². The van der Waals surface area contributed by atoms with Gasteiger partial charge in [-0.2, -0.15) is 0 Å². The van der Waals surface area contributed by atoms with Crippen LogP contribution in [0.2, 0.25) is 0 Å². The molecule has 1 aliphatic heterocycles. The van der Waals surface area contributed by atoms with Crippen LogP contribution in [0, 0.1) is 6.92 Å². The number of benzene rings is 2. The van der Waals surface area contributed by atoms with Gasteiger partial charge in [-0.05, 0) is 0 Å². The quantitative estimate of drug-likeness (QED) is 0.462. The third kappa shape index (κ3) is 2.40.